The number of halogens is 3. The van der Waals surface area contributed by atoms with Crippen molar-refractivity contribution in [3.05, 3.63) is 0 Å². The van der Waals surface area contributed by atoms with Gasteiger partial charge in [0.2, 0.25) is 0 Å². The van der Waals surface area contributed by atoms with E-state index in [0.717, 1.165) is 0 Å². The largest absolute Gasteiger partial charge is 0.368 e. The average molecular weight is 319 g/mol. The maximum atomic E-state index is 4.39. The van der Waals surface area contributed by atoms with E-state index < -0.39 is 8.60 Å². The zero-order valence-corrected chi connectivity index (χ0v) is 8.46. The van der Waals surface area contributed by atoms with E-state index in [1.54, 1.807) is 0 Å². The Kier molecular flexibility index (Phi) is 7.35. The van der Waals surface area contributed by atoms with E-state index >= 15 is 0 Å². The second-order valence-electron chi connectivity index (χ2n) is 0.431. The number of hydrogen-bond donors (Lipinski definition) is 0. The zero-order valence-electron chi connectivity index (χ0n) is 2.81. The minimum atomic E-state index is -1.30. The van der Waals surface area contributed by atoms with Gasteiger partial charge in [-0.1, -0.05) is 0 Å². The van der Waals surface area contributed by atoms with Gasteiger partial charge in [0.1, 0.15) is 48.8 Å². The molecule has 0 rings (SSSR count). The highest BCUT2D eigenvalue weighted by atomic mass is 79.9. The Morgan fingerprint density at radius 3 is 1.14 bits per heavy atom. The summed E-state index contributed by atoms with van der Waals surface area (Å²) in [4.78, 5) is 0. The van der Waals surface area contributed by atoms with Gasteiger partial charge in [-0.3, -0.25) is 0 Å². The van der Waals surface area contributed by atoms with Gasteiger partial charge < -0.3 is 0 Å². The lowest BCUT2D eigenvalue weighted by molar-refractivity contribution is 0.501. The Hall–Kier alpha value is 1.75. The summed E-state index contributed by atoms with van der Waals surface area (Å²) in [6.45, 7) is 0. The molecule has 0 aromatic rings. The fourth-order valence-electron chi connectivity index (χ4n) is 0.0319. The van der Waals surface area contributed by atoms with E-state index in [9.17, 15) is 0 Å². The highest BCUT2D eigenvalue weighted by Crippen LogP contribution is 2.45. The second-order valence-corrected chi connectivity index (χ2v) is 3.90. The summed E-state index contributed by atoms with van der Waals surface area (Å²) < 4.78 is 13.2. The van der Waals surface area contributed by atoms with Crippen LogP contribution in [0.3, 0.4) is 0 Å². The van der Waals surface area contributed by atoms with Crippen LogP contribution in [-0.4, -0.2) is 0 Å². The van der Waals surface area contributed by atoms with Crippen molar-refractivity contribution in [2.45, 2.75) is 0 Å². The molecule has 0 fully saturated rings. The predicted molar refractivity (Wildman–Crippen MR) is 37.0 cm³/mol. The molecule has 0 atom stereocenters. The van der Waals surface area contributed by atoms with Crippen LogP contribution in [-0.2, 0) is 10.8 Å². The lowest BCUT2D eigenvalue weighted by Gasteiger charge is -1.98. The molecule has 0 aromatic heterocycles. The highest BCUT2D eigenvalue weighted by molar-refractivity contribution is 9.08. The summed E-state index contributed by atoms with van der Waals surface area (Å²) in [6.07, 6.45) is 0. The van der Waals surface area contributed by atoms with Crippen molar-refractivity contribution >= 4 is 57.4 Å². The molecule has 0 N–H and O–H groups in total. The Morgan fingerprint density at radius 2 is 1.14 bits per heavy atom. The Balaban J connectivity index is 2.99. The topological polar surface area (TPSA) is 27.7 Å². The summed E-state index contributed by atoms with van der Waals surface area (Å²) in [5.41, 5.74) is 0. The summed E-state index contributed by atoms with van der Waals surface area (Å²) in [5.74, 6) is 0. The first-order valence-corrected chi connectivity index (χ1v) is 4.05. The average Bonchev–Trinajstić information content (AvgIpc) is 1.72. The van der Waals surface area contributed by atoms with E-state index in [1.165, 1.54) is 0 Å². The van der Waals surface area contributed by atoms with Gasteiger partial charge in [0, 0.05) is 0 Å². The zero-order chi connectivity index (χ0) is 5.70. The van der Waals surface area contributed by atoms with Gasteiger partial charge in [0.15, 0.2) is 0 Å². The molecule has 0 radical (unpaired) electrons. The van der Waals surface area contributed by atoms with Crippen molar-refractivity contribution in [3.63, 3.8) is 0 Å². The Labute approximate surface area is 68.1 Å². The summed E-state index contributed by atoms with van der Waals surface area (Å²) in [6, 6.07) is 0. The SMILES string of the molecule is BrOP(OBr)OBr. The smallest absolute Gasteiger partial charge is 0.231 e. The molecule has 7 heteroatoms. The van der Waals surface area contributed by atoms with Crippen LogP contribution in [0.2, 0.25) is 0 Å². The monoisotopic (exact) mass is 316 g/mol. The third kappa shape index (κ3) is 4.27. The first-order chi connectivity index (χ1) is 3.35. The summed E-state index contributed by atoms with van der Waals surface area (Å²) in [5, 5.41) is 0. The third-order valence-electron chi connectivity index (χ3n) is 0.169. The van der Waals surface area contributed by atoms with Gasteiger partial charge in [-0.25, -0.2) is 10.8 Å². The van der Waals surface area contributed by atoms with Crippen molar-refractivity contribution in [1.82, 2.24) is 0 Å². The van der Waals surface area contributed by atoms with Crippen LogP contribution in [0.5, 0.6) is 0 Å². The molecule has 0 saturated heterocycles. The van der Waals surface area contributed by atoms with Gasteiger partial charge >= 0.3 is 8.60 Å². The quantitative estimate of drug-likeness (QED) is 0.748. The van der Waals surface area contributed by atoms with E-state index in [-0.39, 0.29) is 0 Å². The molecule has 3 nitrogen and oxygen atoms in total. The standard InChI is InChI=1S/Br3O3P/c1-4-7(5-2)6-3. The lowest BCUT2D eigenvalue weighted by Crippen LogP contribution is -1.66. The maximum absolute atomic E-state index is 4.39. The highest BCUT2D eigenvalue weighted by Gasteiger charge is 2.06. The molecule has 0 bridgehead atoms. The van der Waals surface area contributed by atoms with Crippen molar-refractivity contribution in [2.24, 2.45) is 0 Å². The minimum absolute atomic E-state index is 1.30. The number of rotatable bonds is 3. The first-order valence-electron chi connectivity index (χ1n) is 1.01. The van der Waals surface area contributed by atoms with Gasteiger partial charge in [-0.2, -0.15) is 0 Å². The maximum Gasteiger partial charge on any atom is 0.368 e. The normalized spacial score (nSPS) is 10.3. The van der Waals surface area contributed by atoms with Crippen LogP contribution in [0.1, 0.15) is 0 Å². The van der Waals surface area contributed by atoms with E-state index in [0.29, 0.717) is 0 Å². The van der Waals surface area contributed by atoms with Gasteiger partial charge in [0.05, 0.1) is 0 Å². The van der Waals surface area contributed by atoms with Gasteiger partial charge in [-0.05, 0) is 0 Å². The summed E-state index contributed by atoms with van der Waals surface area (Å²) >= 11 is 7.96. The van der Waals surface area contributed by atoms with Crippen LogP contribution in [0.25, 0.3) is 0 Å². The van der Waals surface area contributed by atoms with Gasteiger partial charge in [0.25, 0.3) is 0 Å². The van der Waals surface area contributed by atoms with E-state index in [4.69, 9.17) is 0 Å². The van der Waals surface area contributed by atoms with Crippen molar-refractivity contribution in [3.8, 4) is 0 Å². The molecule has 0 spiro atoms. The molecule has 0 heterocycles. The van der Waals surface area contributed by atoms with E-state index in [1.807, 2.05) is 0 Å². The molecule has 0 aliphatic carbocycles. The second kappa shape index (κ2) is 5.88. The Bertz CT molecular complexity index is 31.7. The van der Waals surface area contributed by atoms with Crippen molar-refractivity contribution in [1.29, 1.82) is 0 Å². The molecule has 0 aliphatic rings. The van der Waals surface area contributed by atoms with Crippen LogP contribution in [0.4, 0.5) is 0 Å². The van der Waals surface area contributed by atoms with Crippen LogP contribution in [0, 0.1) is 0 Å². The molecular formula is Br3O3P. The fraction of sp³-hybridized carbons (Fsp3) is 0. The minimum Gasteiger partial charge on any atom is -0.231 e. The fourth-order valence-corrected chi connectivity index (χ4v) is 2.59. The van der Waals surface area contributed by atoms with E-state index in [2.05, 4.69) is 59.6 Å². The molecule has 0 amide bonds. The predicted octanol–water partition coefficient (Wildman–Crippen LogP) is 3.19. The van der Waals surface area contributed by atoms with Crippen molar-refractivity contribution in [2.75, 3.05) is 0 Å². The molecule has 0 aromatic carbocycles. The van der Waals surface area contributed by atoms with Gasteiger partial charge in [-0.15, -0.1) is 0 Å². The molecule has 0 saturated carbocycles. The molecule has 0 aliphatic heterocycles. The molecular weight excluding hydrogens is 319 g/mol. The van der Waals surface area contributed by atoms with Crippen molar-refractivity contribution < 1.29 is 10.8 Å². The lowest BCUT2D eigenvalue weighted by atomic mass is 15.8. The first kappa shape index (κ1) is 8.75. The summed E-state index contributed by atoms with van der Waals surface area (Å²) in [7, 11) is -1.30. The third-order valence-corrected chi connectivity index (χ3v) is 2.63. The molecule has 44 valence electrons. The molecule has 0 unspecified atom stereocenters. The van der Waals surface area contributed by atoms with Crippen LogP contribution in [0.15, 0.2) is 0 Å². The van der Waals surface area contributed by atoms with Crippen LogP contribution < -0.4 is 0 Å². The molecule has 7 heavy (non-hydrogen) atoms. The Morgan fingerprint density at radius 1 is 0.857 bits per heavy atom. The number of hydrogen-bond acceptors (Lipinski definition) is 3. The van der Waals surface area contributed by atoms with Crippen LogP contribution >= 0.6 is 57.4 Å².